The molecule has 3 nitrogen and oxygen atoms in total. The van der Waals surface area contributed by atoms with Gasteiger partial charge in [0.05, 0.1) is 4.90 Å². The van der Waals surface area contributed by atoms with Crippen LogP contribution >= 0.6 is 0 Å². The Kier molecular flexibility index (Phi) is 2.94. The Morgan fingerprint density at radius 3 is 2.38 bits per heavy atom. The molecular weight excluding hydrogens is 236 g/mol. The molecular formula is C10H11F2NO2S. The maximum Gasteiger partial charge on any atom is 0.243 e. The van der Waals surface area contributed by atoms with Gasteiger partial charge in [0, 0.05) is 13.1 Å². The summed E-state index contributed by atoms with van der Waals surface area (Å²) in [7, 11) is -3.66. The van der Waals surface area contributed by atoms with Gasteiger partial charge < -0.3 is 0 Å². The first-order valence-electron chi connectivity index (χ1n) is 4.90. The number of hydrogen-bond acceptors (Lipinski definition) is 2. The number of sulfonamides is 1. The molecule has 0 bridgehead atoms. The van der Waals surface area contributed by atoms with Crippen LogP contribution in [-0.4, -0.2) is 32.0 Å². The molecule has 0 radical (unpaired) electrons. The van der Waals surface area contributed by atoms with Gasteiger partial charge in [-0.3, -0.25) is 0 Å². The molecule has 1 aliphatic rings. The Morgan fingerprint density at radius 1 is 1.25 bits per heavy atom. The molecule has 6 heteroatoms. The number of hydrogen-bond donors (Lipinski definition) is 0. The van der Waals surface area contributed by atoms with E-state index in [1.807, 2.05) is 0 Å². The largest absolute Gasteiger partial charge is 0.246 e. The van der Waals surface area contributed by atoms with E-state index in [1.54, 1.807) is 0 Å². The number of benzene rings is 1. The first kappa shape index (κ1) is 11.5. The van der Waals surface area contributed by atoms with Crippen molar-refractivity contribution in [2.45, 2.75) is 17.5 Å². The van der Waals surface area contributed by atoms with Crippen LogP contribution in [0.2, 0.25) is 0 Å². The van der Waals surface area contributed by atoms with Gasteiger partial charge in [0.15, 0.2) is 0 Å². The second-order valence-corrected chi connectivity index (χ2v) is 5.64. The summed E-state index contributed by atoms with van der Waals surface area (Å²) < 4.78 is 50.5. The average molecular weight is 247 g/mol. The summed E-state index contributed by atoms with van der Waals surface area (Å²) >= 11 is 0. The Morgan fingerprint density at radius 2 is 1.88 bits per heavy atom. The van der Waals surface area contributed by atoms with Crippen molar-refractivity contribution in [3.63, 3.8) is 0 Å². The van der Waals surface area contributed by atoms with Crippen molar-refractivity contribution in [2.24, 2.45) is 0 Å². The van der Waals surface area contributed by atoms with Crippen LogP contribution in [-0.2, 0) is 10.0 Å². The summed E-state index contributed by atoms with van der Waals surface area (Å²) in [4.78, 5) is 0.00278. The lowest BCUT2D eigenvalue weighted by Gasteiger charge is -2.15. The zero-order valence-electron chi connectivity index (χ0n) is 8.44. The van der Waals surface area contributed by atoms with Gasteiger partial charge in [0.25, 0.3) is 0 Å². The molecule has 0 amide bonds. The molecule has 1 aromatic carbocycles. The third-order valence-electron chi connectivity index (χ3n) is 2.54. The molecule has 1 heterocycles. The number of nitrogens with zero attached hydrogens (tertiary/aromatic N) is 1. The fourth-order valence-corrected chi connectivity index (χ4v) is 3.14. The van der Waals surface area contributed by atoms with E-state index in [2.05, 4.69) is 0 Å². The van der Waals surface area contributed by atoms with Gasteiger partial charge in [-0.15, -0.1) is 0 Å². The maximum absolute atomic E-state index is 12.9. The zero-order valence-corrected chi connectivity index (χ0v) is 9.25. The summed E-state index contributed by atoms with van der Waals surface area (Å²) in [6.45, 7) is 0.0700. The van der Waals surface area contributed by atoms with E-state index in [-0.39, 0.29) is 24.4 Å². The minimum atomic E-state index is -3.66. The molecule has 1 fully saturated rings. The summed E-state index contributed by atoms with van der Waals surface area (Å²) in [5.74, 6) is -0.497. The van der Waals surface area contributed by atoms with Crippen LogP contribution in [0, 0.1) is 5.82 Å². The van der Waals surface area contributed by atoms with Gasteiger partial charge in [-0.25, -0.2) is 17.2 Å². The van der Waals surface area contributed by atoms with Crippen LogP contribution in [0.5, 0.6) is 0 Å². The molecule has 1 aliphatic heterocycles. The molecule has 88 valence electrons. The molecule has 16 heavy (non-hydrogen) atoms. The van der Waals surface area contributed by atoms with E-state index in [0.717, 1.165) is 16.4 Å². The average Bonchev–Trinajstić information content (AvgIpc) is 2.66. The lowest BCUT2D eigenvalue weighted by atomic mass is 10.4. The summed E-state index contributed by atoms with van der Waals surface area (Å²) in [5.41, 5.74) is 0. The highest BCUT2D eigenvalue weighted by Crippen LogP contribution is 2.22. The molecule has 1 aromatic rings. The first-order valence-corrected chi connectivity index (χ1v) is 6.34. The van der Waals surface area contributed by atoms with Crippen molar-refractivity contribution in [2.75, 3.05) is 13.1 Å². The zero-order chi connectivity index (χ0) is 11.8. The van der Waals surface area contributed by atoms with Gasteiger partial charge in [-0.2, -0.15) is 4.31 Å². The molecule has 0 saturated carbocycles. The monoisotopic (exact) mass is 247 g/mol. The minimum Gasteiger partial charge on any atom is -0.246 e. The number of halogens is 2. The van der Waals surface area contributed by atoms with Gasteiger partial charge >= 0.3 is 0 Å². The van der Waals surface area contributed by atoms with Crippen molar-refractivity contribution in [3.8, 4) is 0 Å². The smallest absolute Gasteiger partial charge is 0.243 e. The summed E-state index contributed by atoms with van der Waals surface area (Å²) in [6, 6.07) is 4.54. The topological polar surface area (TPSA) is 37.4 Å². The van der Waals surface area contributed by atoms with Crippen LogP contribution in [0.3, 0.4) is 0 Å². The SMILES string of the molecule is O=S(=O)(c1ccc(F)cc1)N1CC[C@@H](F)C1. The second-order valence-electron chi connectivity index (χ2n) is 3.70. The molecule has 1 saturated heterocycles. The summed E-state index contributed by atoms with van der Waals surface area (Å²) in [5, 5.41) is 0. The van der Waals surface area contributed by atoms with E-state index < -0.39 is 22.0 Å². The quantitative estimate of drug-likeness (QED) is 0.795. The van der Waals surface area contributed by atoms with E-state index >= 15 is 0 Å². The van der Waals surface area contributed by atoms with E-state index in [4.69, 9.17) is 0 Å². The highest BCUT2D eigenvalue weighted by molar-refractivity contribution is 7.89. The first-order chi connectivity index (χ1) is 7.50. The van der Waals surface area contributed by atoms with E-state index in [1.165, 1.54) is 12.1 Å². The van der Waals surface area contributed by atoms with Crippen LogP contribution in [0.4, 0.5) is 8.78 Å². The van der Waals surface area contributed by atoms with E-state index in [0.29, 0.717) is 0 Å². The van der Waals surface area contributed by atoms with Crippen LogP contribution in [0.1, 0.15) is 6.42 Å². The fraction of sp³-hybridized carbons (Fsp3) is 0.400. The Bertz CT molecular complexity index is 472. The highest BCUT2D eigenvalue weighted by atomic mass is 32.2. The molecule has 0 N–H and O–H groups in total. The van der Waals surface area contributed by atoms with Crippen molar-refractivity contribution in [3.05, 3.63) is 30.1 Å². The molecule has 0 spiro atoms. The molecule has 2 rings (SSSR count). The van der Waals surface area contributed by atoms with Crippen molar-refractivity contribution in [1.82, 2.24) is 4.31 Å². The lowest BCUT2D eigenvalue weighted by molar-refractivity contribution is 0.343. The lowest BCUT2D eigenvalue weighted by Crippen LogP contribution is -2.29. The Balaban J connectivity index is 2.29. The standard InChI is InChI=1S/C10H11F2NO2S/c11-8-1-3-10(4-2-8)16(14,15)13-6-5-9(12)7-13/h1-4,9H,5-7H2/t9-/m1/s1. The maximum atomic E-state index is 12.9. The third kappa shape index (κ3) is 2.08. The van der Waals surface area contributed by atoms with Crippen molar-refractivity contribution >= 4 is 10.0 Å². The van der Waals surface area contributed by atoms with Gasteiger partial charge in [-0.1, -0.05) is 0 Å². The molecule has 0 aliphatic carbocycles. The Labute approximate surface area is 92.7 Å². The highest BCUT2D eigenvalue weighted by Gasteiger charge is 2.32. The van der Waals surface area contributed by atoms with Gasteiger partial charge in [0.1, 0.15) is 12.0 Å². The van der Waals surface area contributed by atoms with Gasteiger partial charge in [-0.05, 0) is 30.7 Å². The van der Waals surface area contributed by atoms with E-state index in [9.17, 15) is 17.2 Å². The van der Waals surface area contributed by atoms with Crippen LogP contribution in [0.25, 0.3) is 0 Å². The number of rotatable bonds is 2. The van der Waals surface area contributed by atoms with Gasteiger partial charge in [0.2, 0.25) is 10.0 Å². The predicted molar refractivity (Wildman–Crippen MR) is 54.7 cm³/mol. The van der Waals surface area contributed by atoms with Crippen molar-refractivity contribution in [1.29, 1.82) is 0 Å². The molecule has 0 aromatic heterocycles. The second kappa shape index (κ2) is 4.10. The summed E-state index contributed by atoms with van der Waals surface area (Å²) in [6.07, 6.45) is -0.879. The normalized spacial score (nSPS) is 22.5. The Hall–Kier alpha value is -1.01. The third-order valence-corrected chi connectivity index (χ3v) is 4.42. The minimum absolute atomic E-state index is 0.00278. The molecule has 1 atom stereocenters. The van der Waals surface area contributed by atoms with Crippen molar-refractivity contribution < 1.29 is 17.2 Å². The fourth-order valence-electron chi connectivity index (χ4n) is 1.66. The van der Waals surface area contributed by atoms with Crippen LogP contribution < -0.4 is 0 Å². The predicted octanol–water partition coefficient (Wildman–Crippen LogP) is 1.56. The number of alkyl halides is 1. The molecule has 0 unspecified atom stereocenters. The van der Waals surface area contributed by atoms with Crippen LogP contribution in [0.15, 0.2) is 29.2 Å².